The van der Waals surface area contributed by atoms with Gasteiger partial charge in [-0.25, -0.2) is 0 Å². The van der Waals surface area contributed by atoms with Crippen LogP contribution in [0.5, 0.6) is 0 Å². The fraction of sp³-hybridized carbons (Fsp3) is 1.00. The van der Waals surface area contributed by atoms with E-state index in [0.717, 1.165) is 19.3 Å². The van der Waals surface area contributed by atoms with Gasteiger partial charge in [0.15, 0.2) is 0 Å². The van der Waals surface area contributed by atoms with Crippen molar-refractivity contribution in [2.24, 2.45) is 5.92 Å². The molecule has 1 aliphatic carbocycles. The molecule has 0 radical (unpaired) electrons. The summed E-state index contributed by atoms with van der Waals surface area (Å²) in [7, 11) is 0. The highest BCUT2D eigenvalue weighted by Gasteiger charge is 2.52. The van der Waals surface area contributed by atoms with Crippen LogP contribution in [0.15, 0.2) is 0 Å². The number of aliphatic hydroxyl groups is 1. The quantitative estimate of drug-likeness (QED) is 0.599. The van der Waals surface area contributed by atoms with E-state index in [-0.39, 0.29) is 17.3 Å². The summed E-state index contributed by atoms with van der Waals surface area (Å²) >= 11 is 0. The zero-order chi connectivity index (χ0) is 8.98. The Morgan fingerprint density at radius 3 is 2.42 bits per heavy atom. The summed E-state index contributed by atoms with van der Waals surface area (Å²) in [5.74, 6) is 0.347. The summed E-state index contributed by atoms with van der Waals surface area (Å²) in [6.07, 6.45) is 2.90. The Balaban J connectivity index is 2.28. The summed E-state index contributed by atoms with van der Waals surface area (Å²) in [6, 6.07) is 0. The van der Waals surface area contributed by atoms with Crippen molar-refractivity contribution in [3.63, 3.8) is 0 Å². The molecule has 3 aliphatic rings. The average molecular weight is 170 g/mol. The van der Waals surface area contributed by atoms with E-state index in [0.29, 0.717) is 5.92 Å². The Hall–Kier alpha value is -0.0800. The van der Waals surface area contributed by atoms with Crippen LogP contribution in [0.4, 0.5) is 0 Å². The van der Waals surface area contributed by atoms with E-state index < -0.39 is 0 Å². The lowest BCUT2D eigenvalue weighted by atomic mass is 9.67. The van der Waals surface area contributed by atoms with Gasteiger partial charge in [0, 0.05) is 12.3 Å². The van der Waals surface area contributed by atoms with Crippen LogP contribution >= 0.6 is 0 Å². The minimum absolute atomic E-state index is 0.0579. The molecule has 0 aromatic rings. The van der Waals surface area contributed by atoms with Gasteiger partial charge in [0.1, 0.15) is 0 Å². The summed E-state index contributed by atoms with van der Waals surface area (Å²) in [5.41, 5.74) is -0.178. The number of ether oxygens (including phenoxy) is 1. The van der Waals surface area contributed by atoms with Crippen molar-refractivity contribution in [3.8, 4) is 0 Å². The van der Waals surface area contributed by atoms with Gasteiger partial charge in [0.05, 0.1) is 17.3 Å². The maximum atomic E-state index is 9.82. The van der Waals surface area contributed by atoms with E-state index in [1.165, 1.54) is 0 Å². The first kappa shape index (κ1) is 8.52. The second kappa shape index (κ2) is 2.24. The highest BCUT2D eigenvalue weighted by Crippen LogP contribution is 2.49. The molecule has 0 aromatic heterocycles. The lowest BCUT2D eigenvalue weighted by Gasteiger charge is -2.56. The maximum absolute atomic E-state index is 9.82. The van der Waals surface area contributed by atoms with Crippen LogP contribution in [0.2, 0.25) is 0 Å². The molecule has 1 N–H and O–H groups in total. The Morgan fingerprint density at radius 1 is 1.33 bits per heavy atom. The normalized spacial score (nSPS) is 51.0. The highest BCUT2D eigenvalue weighted by atomic mass is 16.5. The number of fused-ring (bicyclic) bond motifs is 3. The molecular formula is C10H18O2. The molecular weight excluding hydrogens is 152 g/mol. The molecule has 2 nitrogen and oxygen atoms in total. The summed E-state index contributed by atoms with van der Waals surface area (Å²) < 4.78 is 5.97. The molecule has 70 valence electrons. The molecule has 3 rings (SSSR count). The van der Waals surface area contributed by atoms with Gasteiger partial charge in [-0.05, 0) is 33.6 Å². The fourth-order valence-corrected chi connectivity index (χ4v) is 2.95. The van der Waals surface area contributed by atoms with E-state index in [1.54, 1.807) is 0 Å². The van der Waals surface area contributed by atoms with Gasteiger partial charge in [-0.2, -0.15) is 0 Å². The first-order valence-corrected chi connectivity index (χ1v) is 4.81. The summed E-state index contributed by atoms with van der Waals surface area (Å²) in [5, 5.41) is 9.82. The van der Waals surface area contributed by atoms with Crippen molar-refractivity contribution >= 4 is 0 Å². The molecule has 3 unspecified atom stereocenters. The molecule has 0 amide bonds. The predicted molar refractivity (Wildman–Crippen MR) is 46.9 cm³/mol. The van der Waals surface area contributed by atoms with E-state index >= 15 is 0 Å². The van der Waals surface area contributed by atoms with E-state index in [9.17, 15) is 5.11 Å². The van der Waals surface area contributed by atoms with Crippen LogP contribution in [0, 0.1) is 5.92 Å². The van der Waals surface area contributed by atoms with Crippen molar-refractivity contribution in [2.75, 3.05) is 0 Å². The van der Waals surface area contributed by atoms with Crippen molar-refractivity contribution < 1.29 is 9.84 Å². The Kier molecular flexibility index (Phi) is 1.59. The summed E-state index contributed by atoms with van der Waals surface area (Å²) in [4.78, 5) is 0. The second-order valence-electron chi connectivity index (χ2n) is 5.07. The zero-order valence-corrected chi connectivity index (χ0v) is 8.13. The smallest absolute Gasteiger partial charge is 0.0686 e. The minimum atomic E-state index is -0.146. The van der Waals surface area contributed by atoms with Crippen LogP contribution in [0.25, 0.3) is 0 Å². The predicted octanol–water partition coefficient (Wildman–Crippen LogP) is 1.71. The molecule has 0 aromatic carbocycles. The first-order chi connectivity index (χ1) is 5.43. The first-order valence-electron chi connectivity index (χ1n) is 4.81. The van der Waals surface area contributed by atoms with E-state index in [2.05, 4.69) is 20.8 Å². The molecule has 3 fully saturated rings. The molecule has 2 heterocycles. The van der Waals surface area contributed by atoms with Gasteiger partial charge in [-0.1, -0.05) is 0 Å². The molecule has 12 heavy (non-hydrogen) atoms. The Bertz CT molecular complexity index is 197. The van der Waals surface area contributed by atoms with Gasteiger partial charge in [-0.15, -0.1) is 0 Å². The molecule has 1 saturated carbocycles. The van der Waals surface area contributed by atoms with Gasteiger partial charge in [0.25, 0.3) is 0 Å². The largest absolute Gasteiger partial charge is 0.393 e. The number of hydrogen-bond acceptors (Lipinski definition) is 2. The van der Waals surface area contributed by atoms with Crippen LogP contribution < -0.4 is 0 Å². The van der Waals surface area contributed by atoms with Crippen molar-refractivity contribution in [1.29, 1.82) is 0 Å². The topological polar surface area (TPSA) is 29.5 Å². The van der Waals surface area contributed by atoms with Crippen molar-refractivity contribution in [3.05, 3.63) is 0 Å². The number of hydrogen-bond donors (Lipinski definition) is 1. The van der Waals surface area contributed by atoms with Crippen LogP contribution in [-0.2, 0) is 4.74 Å². The zero-order valence-electron chi connectivity index (χ0n) is 8.13. The third-order valence-corrected chi connectivity index (χ3v) is 3.49. The minimum Gasteiger partial charge on any atom is -0.393 e. The number of rotatable bonds is 0. The number of aliphatic hydroxyl groups excluding tert-OH is 1. The van der Waals surface area contributed by atoms with E-state index in [4.69, 9.17) is 4.74 Å². The summed E-state index contributed by atoms with van der Waals surface area (Å²) in [6.45, 7) is 6.31. The van der Waals surface area contributed by atoms with Gasteiger partial charge in [0.2, 0.25) is 0 Å². The molecule has 2 bridgehead atoms. The van der Waals surface area contributed by atoms with Crippen molar-refractivity contribution in [1.82, 2.24) is 0 Å². The van der Waals surface area contributed by atoms with Gasteiger partial charge in [-0.3, -0.25) is 0 Å². The monoisotopic (exact) mass is 170 g/mol. The molecule has 2 heteroatoms. The molecule has 0 spiro atoms. The molecule has 2 aliphatic heterocycles. The second-order valence-corrected chi connectivity index (χ2v) is 5.07. The third-order valence-electron chi connectivity index (χ3n) is 3.49. The Labute approximate surface area is 73.9 Å². The van der Waals surface area contributed by atoms with E-state index in [1.807, 2.05) is 0 Å². The van der Waals surface area contributed by atoms with Crippen LogP contribution in [0.1, 0.15) is 40.0 Å². The van der Waals surface area contributed by atoms with Crippen LogP contribution in [-0.4, -0.2) is 22.4 Å². The molecule has 2 saturated heterocycles. The van der Waals surface area contributed by atoms with Crippen molar-refractivity contribution in [2.45, 2.75) is 57.3 Å². The fourth-order valence-electron chi connectivity index (χ4n) is 2.95. The van der Waals surface area contributed by atoms with Gasteiger partial charge >= 0.3 is 0 Å². The standard InChI is InChI=1S/C10H18O2/c1-9(2)7-4-5-10(3,12-9)6-8(7)11/h7-8,11H,4-6H2,1-3H3. The average Bonchev–Trinajstić information content (AvgIpc) is 1.80. The third kappa shape index (κ3) is 1.09. The van der Waals surface area contributed by atoms with Crippen LogP contribution in [0.3, 0.4) is 0 Å². The molecule has 3 atom stereocenters. The lowest BCUT2D eigenvalue weighted by molar-refractivity contribution is -0.263. The maximum Gasteiger partial charge on any atom is 0.0686 e. The Morgan fingerprint density at radius 2 is 2.00 bits per heavy atom. The van der Waals surface area contributed by atoms with Gasteiger partial charge < -0.3 is 9.84 Å². The lowest BCUT2D eigenvalue weighted by Crippen LogP contribution is -2.59. The highest BCUT2D eigenvalue weighted by molar-refractivity contribution is 5.02. The SMILES string of the molecule is CC12CCC(C(O)C1)C(C)(C)O2.